The molecule has 0 saturated carbocycles. The monoisotopic (exact) mass is 242 g/mol. The van der Waals surface area contributed by atoms with E-state index in [4.69, 9.17) is 16.3 Å². The van der Waals surface area contributed by atoms with Crippen molar-refractivity contribution in [1.29, 1.82) is 0 Å². The number of carbonyl (C=O) groups excluding carboxylic acids is 1. The number of ether oxygens (including phenoxy) is 1. The summed E-state index contributed by atoms with van der Waals surface area (Å²) in [5, 5.41) is 10.3. The first kappa shape index (κ1) is 13.0. The fourth-order valence-corrected chi connectivity index (χ4v) is 1.46. The van der Waals surface area contributed by atoms with Crippen molar-refractivity contribution < 1.29 is 14.6 Å². The Labute approximate surface area is 100.0 Å². The summed E-state index contributed by atoms with van der Waals surface area (Å²) in [6.07, 6.45) is 0.487. The SMILES string of the molecule is CC(=O)OCCC(O)Cc1ccc(Cl)cc1. The normalized spacial score (nSPS) is 12.2. The quantitative estimate of drug-likeness (QED) is 0.806. The highest BCUT2D eigenvalue weighted by Crippen LogP contribution is 2.12. The van der Waals surface area contributed by atoms with Crippen LogP contribution in [0.25, 0.3) is 0 Å². The topological polar surface area (TPSA) is 46.5 Å². The summed E-state index contributed by atoms with van der Waals surface area (Å²) in [7, 11) is 0. The van der Waals surface area contributed by atoms with Gasteiger partial charge in [0.15, 0.2) is 0 Å². The van der Waals surface area contributed by atoms with E-state index in [-0.39, 0.29) is 12.6 Å². The van der Waals surface area contributed by atoms with E-state index in [1.807, 2.05) is 12.1 Å². The van der Waals surface area contributed by atoms with Crippen LogP contribution in [-0.2, 0) is 16.0 Å². The molecule has 1 rings (SSSR count). The van der Waals surface area contributed by atoms with Crippen molar-refractivity contribution in [3.05, 3.63) is 34.9 Å². The standard InChI is InChI=1S/C12H15ClO3/c1-9(14)16-7-6-12(15)8-10-2-4-11(13)5-3-10/h2-5,12,15H,6-8H2,1H3. The lowest BCUT2D eigenvalue weighted by atomic mass is 10.1. The van der Waals surface area contributed by atoms with Crippen molar-refractivity contribution in [2.24, 2.45) is 0 Å². The van der Waals surface area contributed by atoms with E-state index < -0.39 is 6.10 Å². The molecule has 1 N–H and O–H groups in total. The van der Waals surface area contributed by atoms with Crippen molar-refractivity contribution >= 4 is 17.6 Å². The molecule has 1 unspecified atom stereocenters. The second-order valence-corrected chi connectivity index (χ2v) is 4.05. The molecule has 1 aromatic rings. The summed E-state index contributed by atoms with van der Waals surface area (Å²) >= 11 is 5.75. The minimum absolute atomic E-state index is 0.254. The molecule has 0 aliphatic rings. The molecule has 0 aromatic heterocycles. The van der Waals surface area contributed by atoms with Crippen molar-refractivity contribution in [3.63, 3.8) is 0 Å². The van der Waals surface area contributed by atoms with Gasteiger partial charge in [-0.05, 0) is 24.1 Å². The van der Waals surface area contributed by atoms with Crippen LogP contribution >= 0.6 is 11.6 Å². The number of esters is 1. The van der Waals surface area contributed by atoms with Crippen LogP contribution < -0.4 is 0 Å². The molecule has 0 bridgehead atoms. The number of halogens is 1. The molecule has 88 valence electrons. The molecule has 0 heterocycles. The van der Waals surface area contributed by atoms with Crippen LogP contribution in [0, 0.1) is 0 Å². The Hall–Kier alpha value is -1.06. The van der Waals surface area contributed by atoms with Crippen molar-refractivity contribution in [1.82, 2.24) is 0 Å². The maximum atomic E-state index is 10.5. The van der Waals surface area contributed by atoms with Crippen molar-refractivity contribution in [2.75, 3.05) is 6.61 Å². The van der Waals surface area contributed by atoms with Gasteiger partial charge < -0.3 is 9.84 Å². The molecule has 0 fully saturated rings. The van der Waals surface area contributed by atoms with Gasteiger partial charge in [-0.3, -0.25) is 4.79 Å². The lowest BCUT2D eigenvalue weighted by molar-refractivity contribution is -0.141. The predicted molar refractivity (Wildman–Crippen MR) is 62.4 cm³/mol. The zero-order chi connectivity index (χ0) is 12.0. The van der Waals surface area contributed by atoms with Gasteiger partial charge >= 0.3 is 5.97 Å². The maximum Gasteiger partial charge on any atom is 0.302 e. The highest BCUT2D eigenvalue weighted by atomic mass is 35.5. The average Bonchev–Trinajstić information content (AvgIpc) is 2.21. The second kappa shape index (κ2) is 6.51. The summed E-state index contributed by atoms with van der Waals surface area (Å²) < 4.78 is 4.75. The maximum absolute atomic E-state index is 10.5. The van der Waals surface area contributed by atoms with Crippen LogP contribution in [0.15, 0.2) is 24.3 Å². The highest BCUT2D eigenvalue weighted by molar-refractivity contribution is 6.30. The van der Waals surface area contributed by atoms with E-state index in [2.05, 4.69) is 0 Å². The van der Waals surface area contributed by atoms with Crippen LogP contribution in [-0.4, -0.2) is 23.8 Å². The Balaban J connectivity index is 2.31. The van der Waals surface area contributed by atoms with Gasteiger partial charge in [0, 0.05) is 18.4 Å². The molecule has 0 aliphatic heterocycles. The molecule has 0 aliphatic carbocycles. The number of aliphatic hydroxyl groups is 1. The minimum atomic E-state index is -0.500. The Morgan fingerprint density at radius 3 is 2.62 bits per heavy atom. The average molecular weight is 243 g/mol. The highest BCUT2D eigenvalue weighted by Gasteiger charge is 2.06. The Morgan fingerprint density at radius 2 is 2.06 bits per heavy atom. The molecule has 1 aromatic carbocycles. The van der Waals surface area contributed by atoms with E-state index >= 15 is 0 Å². The number of hydrogen-bond donors (Lipinski definition) is 1. The summed E-state index contributed by atoms with van der Waals surface area (Å²) in [4.78, 5) is 10.5. The smallest absolute Gasteiger partial charge is 0.302 e. The first-order chi connectivity index (χ1) is 7.58. The van der Waals surface area contributed by atoms with E-state index in [0.29, 0.717) is 17.9 Å². The van der Waals surface area contributed by atoms with Crippen LogP contribution in [0.2, 0.25) is 5.02 Å². The number of carbonyl (C=O) groups is 1. The molecular weight excluding hydrogens is 228 g/mol. The third-order valence-corrected chi connectivity index (χ3v) is 2.39. The van der Waals surface area contributed by atoms with E-state index in [1.165, 1.54) is 6.92 Å². The van der Waals surface area contributed by atoms with Crippen molar-refractivity contribution in [3.8, 4) is 0 Å². The Kier molecular flexibility index (Phi) is 5.29. The Morgan fingerprint density at radius 1 is 1.44 bits per heavy atom. The zero-order valence-electron chi connectivity index (χ0n) is 9.15. The third-order valence-electron chi connectivity index (χ3n) is 2.14. The first-order valence-corrected chi connectivity index (χ1v) is 5.51. The van der Waals surface area contributed by atoms with E-state index in [0.717, 1.165) is 5.56 Å². The third kappa shape index (κ3) is 5.14. The van der Waals surface area contributed by atoms with Gasteiger partial charge in [0.2, 0.25) is 0 Å². The molecule has 16 heavy (non-hydrogen) atoms. The molecule has 0 spiro atoms. The van der Waals surface area contributed by atoms with Gasteiger partial charge in [-0.25, -0.2) is 0 Å². The summed E-state index contributed by atoms with van der Waals surface area (Å²) in [6, 6.07) is 7.32. The van der Waals surface area contributed by atoms with Crippen LogP contribution in [0.1, 0.15) is 18.9 Å². The second-order valence-electron chi connectivity index (χ2n) is 3.61. The van der Waals surface area contributed by atoms with Gasteiger partial charge in [0.05, 0.1) is 12.7 Å². The molecule has 0 amide bonds. The number of rotatable bonds is 5. The van der Waals surface area contributed by atoms with Gasteiger partial charge in [-0.2, -0.15) is 0 Å². The van der Waals surface area contributed by atoms with Gasteiger partial charge in [0.25, 0.3) is 0 Å². The number of hydrogen-bond acceptors (Lipinski definition) is 3. The van der Waals surface area contributed by atoms with Crippen LogP contribution in [0.3, 0.4) is 0 Å². The lowest BCUT2D eigenvalue weighted by Crippen LogP contribution is -2.14. The number of aliphatic hydroxyl groups excluding tert-OH is 1. The van der Waals surface area contributed by atoms with E-state index in [9.17, 15) is 9.90 Å². The summed E-state index contributed by atoms with van der Waals surface area (Å²) in [5.74, 6) is -0.321. The Bertz CT molecular complexity index is 335. The lowest BCUT2D eigenvalue weighted by Gasteiger charge is -2.10. The zero-order valence-corrected chi connectivity index (χ0v) is 9.91. The van der Waals surface area contributed by atoms with E-state index in [1.54, 1.807) is 12.1 Å². The molecule has 0 radical (unpaired) electrons. The molecule has 0 saturated heterocycles. The van der Waals surface area contributed by atoms with Crippen LogP contribution in [0.4, 0.5) is 0 Å². The fraction of sp³-hybridized carbons (Fsp3) is 0.417. The number of benzene rings is 1. The molecule has 4 heteroatoms. The largest absolute Gasteiger partial charge is 0.466 e. The van der Waals surface area contributed by atoms with Gasteiger partial charge in [-0.1, -0.05) is 23.7 Å². The molecule has 3 nitrogen and oxygen atoms in total. The predicted octanol–water partition coefficient (Wildman–Crippen LogP) is 2.20. The molecular formula is C12H15ClO3. The first-order valence-electron chi connectivity index (χ1n) is 5.14. The van der Waals surface area contributed by atoms with Crippen LogP contribution in [0.5, 0.6) is 0 Å². The van der Waals surface area contributed by atoms with Crippen molar-refractivity contribution in [2.45, 2.75) is 25.9 Å². The minimum Gasteiger partial charge on any atom is -0.466 e. The molecule has 1 atom stereocenters. The van der Waals surface area contributed by atoms with Gasteiger partial charge in [0.1, 0.15) is 0 Å². The fourth-order valence-electron chi connectivity index (χ4n) is 1.33. The van der Waals surface area contributed by atoms with Gasteiger partial charge in [-0.15, -0.1) is 0 Å². The summed E-state index contributed by atoms with van der Waals surface area (Å²) in [6.45, 7) is 1.61. The summed E-state index contributed by atoms with van der Waals surface area (Å²) in [5.41, 5.74) is 1.01.